The molecule has 10 heteroatoms. The molecule has 90 valence electrons. The van der Waals surface area contributed by atoms with Gasteiger partial charge in [0, 0.05) is 6.07 Å². The number of alkyl halides is 3. The third-order valence-electron chi connectivity index (χ3n) is 1.44. The zero-order valence-corrected chi connectivity index (χ0v) is 9.24. The van der Waals surface area contributed by atoms with Gasteiger partial charge in [-0.3, -0.25) is 10.1 Å². The highest BCUT2D eigenvalue weighted by molar-refractivity contribution is 9.10. The van der Waals surface area contributed by atoms with E-state index < -0.39 is 28.5 Å². The number of rotatable bonds is 2. The lowest BCUT2D eigenvalue weighted by molar-refractivity contribution is -0.389. The molecule has 0 aliphatic rings. The molecular formula is C7HBrF3N3O3. The van der Waals surface area contributed by atoms with Gasteiger partial charge in [-0.05, 0) is 15.9 Å². The Balaban J connectivity index is 3.35. The lowest BCUT2D eigenvalue weighted by Gasteiger charge is -2.08. The predicted molar refractivity (Wildman–Crippen MR) is 50.0 cm³/mol. The lowest BCUT2D eigenvalue weighted by Crippen LogP contribution is -2.19. The minimum absolute atomic E-state index is 0.0961. The molecule has 0 atom stereocenters. The molecule has 17 heavy (non-hydrogen) atoms. The molecule has 0 unspecified atom stereocenters. The van der Waals surface area contributed by atoms with Crippen LogP contribution in [-0.4, -0.2) is 16.3 Å². The maximum Gasteiger partial charge on any atom is 0.574 e. The number of ether oxygens (including phenoxy) is 1. The van der Waals surface area contributed by atoms with Gasteiger partial charge >= 0.3 is 17.9 Å². The highest BCUT2D eigenvalue weighted by Gasteiger charge is 2.36. The van der Waals surface area contributed by atoms with E-state index in [2.05, 4.69) is 25.7 Å². The van der Waals surface area contributed by atoms with E-state index in [1.54, 1.807) is 0 Å². The molecule has 0 bridgehead atoms. The molecular weight excluding hydrogens is 311 g/mol. The van der Waals surface area contributed by atoms with Crippen molar-refractivity contribution in [1.29, 1.82) is 5.26 Å². The predicted octanol–water partition coefficient (Wildman–Crippen LogP) is 2.52. The van der Waals surface area contributed by atoms with Gasteiger partial charge in [0.2, 0.25) is 0 Å². The summed E-state index contributed by atoms with van der Waals surface area (Å²) in [5, 5.41) is 19.0. The summed E-state index contributed by atoms with van der Waals surface area (Å²) in [5.41, 5.74) is -1.44. The minimum atomic E-state index is -5.13. The van der Waals surface area contributed by atoms with Crippen LogP contribution in [0, 0.1) is 21.4 Å². The number of hydrogen-bond donors (Lipinski definition) is 0. The van der Waals surface area contributed by atoms with Crippen LogP contribution >= 0.6 is 15.9 Å². The Kier molecular flexibility index (Phi) is 3.52. The summed E-state index contributed by atoms with van der Waals surface area (Å²) in [5.74, 6) is -1.28. The first-order valence-corrected chi connectivity index (χ1v) is 4.54. The Bertz CT molecular complexity index is 512. The Hall–Kier alpha value is -1.89. The molecule has 0 radical (unpaired) electrons. The summed E-state index contributed by atoms with van der Waals surface area (Å²) < 4.78 is 39.1. The van der Waals surface area contributed by atoms with Crippen LogP contribution in [0.3, 0.4) is 0 Å². The Labute approximate surface area is 99.9 Å². The molecule has 0 fully saturated rings. The fraction of sp³-hybridized carbons (Fsp3) is 0.143. The molecule has 1 aromatic rings. The zero-order chi connectivity index (χ0) is 13.2. The maximum atomic E-state index is 11.9. The van der Waals surface area contributed by atoms with Crippen LogP contribution in [0.25, 0.3) is 0 Å². The summed E-state index contributed by atoms with van der Waals surface area (Å²) >= 11 is 2.76. The molecule has 0 saturated heterocycles. The van der Waals surface area contributed by atoms with Crippen LogP contribution < -0.4 is 4.74 Å². The summed E-state index contributed by atoms with van der Waals surface area (Å²) in [6.45, 7) is 0. The Morgan fingerprint density at radius 2 is 2.18 bits per heavy atom. The highest BCUT2D eigenvalue weighted by Crippen LogP contribution is 2.33. The van der Waals surface area contributed by atoms with Gasteiger partial charge in [-0.1, -0.05) is 0 Å². The second-order valence-corrected chi connectivity index (χ2v) is 3.41. The van der Waals surface area contributed by atoms with Crippen molar-refractivity contribution in [2.24, 2.45) is 0 Å². The van der Waals surface area contributed by atoms with Crippen LogP contribution in [0.5, 0.6) is 5.88 Å². The summed E-state index contributed by atoms with van der Waals surface area (Å²) in [4.78, 5) is 12.5. The van der Waals surface area contributed by atoms with E-state index in [-0.39, 0.29) is 4.47 Å². The van der Waals surface area contributed by atoms with Gasteiger partial charge in [-0.25, -0.2) is 0 Å². The van der Waals surface area contributed by atoms with Gasteiger partial charge in [-0.2, -0.15) is 10.2 Å². The fourth-order valence-corrected chi connectivity index (χ4v) is 1.25. The standard InChI is InChI=1S/C7HBrF3N3O3/c8-3-1-5(14(15)16)6(13-4(3)2-12)17-7(9,10)11/h1H. The van der Waals surface area contributed by atoms with Gasteiger partial charge in [0.25, 0.3) is 0 Å². The van der Waals surface area contributed by atoms with Crippen molar-refractivity contribution in [3.8, 4) is 11.9 Å². The fourth-order valence-electron chi connectivity index (χ4n) is 0.856. The van der Waals surface area contributed by atoms with Crippen LogP contribution in [-0.2, 0) is 0 Å². The largest absolute Gasteiger partial charge is 0.574 e. The van der Waals surface area contributed by atoms with Crippen molar-refractivity contribution in [1.82, 2.24) is 4.98 Å². The Morgan fingerprint density at radius 1 is 1.59 bits per heavy atom. The quantitative estimate of drug-likeness (QED) is 0.618. The molecule has 0 amide bonds. The average Bonchev–Trinajstić information content (AvgIpc) is 2.17. The lowest BCUT2D eigenvalue weighted by atomic mass is 10.3. The van der Waals surface area contributed by atoms with Gasteiger partial charge in [0.05, 0.1) is 9.40 Å². The number of halogens is 4. The van der Waals surface area contributed by atoms with Gasteiger partial charge in [-0.15, -0.1) is 13.2 Å². The van der Waals surface area contributed by atoms with Crippen molar-refractivity contribution in [2.45, 2.75) is 6.36 Å². The Morgan fingerprint density at radius 3 is 2.59 bits per heavy atom. The molecule has 0 saturated carbocycles. The van der Waals surface area contributed by atoms with E-state index in [0.29, 0.717) is 6.07 Å². The zero-order valence-electron chi connectivity index (χ0n) is 7.66. The molecule has 0 N–H and O–H groups in total. The van der Waals surface area contributed by atoms with E-state index in [1.165, 1.54) is 6.07 Å². The van der Waals surface area contributed by atoms with Crippen molar-refractivity contribution in [2.75, 3.05) is 0 Å². The number of hydrogen-bond acceptors (Lipinski definition) is 5. The number of aromatic nitrogens is 1. The first kappa shape index (κ1) is 13.2. The summed E-state index contributed by atoms with van der Waals surface area (Å²) in [6.07, 6.45) is -5.13. The summed E-state index contributed by atoms with van der Waals surface area (Å²) in [6, 6.07) is 2.17. The first-order chi connectivity index (χ1) is 7.74. The van der Waals surface area contributed by atoms with E-state index in [4.69, 9.17) is 5.26 Å². The van der Waals surface area contributed by atoms with Crippen LogP contribution in [0.15, 0.2) is 10.5 Å². The number of pyridine rings is 1. The van der Waals surface area contributed by atoms with E-state index in [9.17, 15) is 23.3 Å². The molecule has 1 heterocycles. The van der Waals surface area contributed by atoms with Crippen LogP contribution in [0.1, 0.15) is 5.69 Å². The average molecular weight is 312 g/mol. The third-order valence-corrected chi connectivity index (χ3v) is 2.04. The molecule has 1 aromatic heterocycles. The molecule has 0 aliphatic heterocycles. The van der Waals surface area contributed by atoms with Gasteiger partial charge < -0.3 is 4.74 Å². The van der Waals surface area contributed by atoms with Crippen molar-refractivity contribution >= 4 is 21.6 Å². The van der Waals surface area contributed by atoms with Crippen molar-refractivity contribution in [3.63, 3.8) is 0 Å². The third kappa shape index (κ3) is 3.28. The number of nitro groups is 1. The topological polar surface area (TPSA) is 89.0 Å². The monoisotopic (exact) mass is 311 g/mol. The molecule has 6 nitrogen and oxygen atoms in total. The second-order valence-electron chi connectivity index (χ2n) is 2.56. The number of nitrogens with zero attached hydrogens (tertiary/aromatic N) is 3. The second kappa shape index (κ2) is 4.54. The molecule has 0 aromatic carbocycles. The molecule has 0 aliphatic carbocycles. The summed E-state index contributed by atoms with van der Waals surface area (Å²) in [7, 11) is 0. The smallest absolute Gasteiger partial charge is 0.381 e. The molecule has 0 spiro atoms. The first-order valence-electron chi connectivity index (χ1n) is 3.75. The number of nitriles is 1. The van der Waals surface area contributed by atoms with Crippen molar-refractivity contribution in [3.05, 3.63) is 26.3 Å². The van der Waals surface area contributed by atoms with E-state index in [0.717, 1.165) is 0 Å². The minimum Gasteiger partial charge on any atom is -0.381 e. The van der Waals surface area contributed by atoms with Gasteiger partial charge in [0.1, 0.15) is 6.07 Å². The highest BCUT2D eigenvalue weighted by atomic mass is 79.9. The van der Waals surface area contributed by atoms with E-state index in [1.807, 2.05) is 0 Å². The van der Waals surface area contributed by atoms with Crippen LogP contribution in [0.4, 0.5) is 18.9 Å². The van der Waals surface area contributed by atoms with Crippen LogP contribution in [0.2, 0.25) is 0 Å². The molecule has 1 rings (SSSR count). The normalized spacial score (nSPS) is 10.8. The van der Waals surface area contributed by atoms with E-state index >= 15 is 0 Å². The maximum absolute atomic E-state index is 11.9. The SMILES string of the molecule is N#Cc1nc(OC(F)(F)F)c([N+](=O)[O-])cc1Br. The van der Waals surface area contributed by atoms with Gasteiger partial charge in [0.15, 0.2) is 5.69 Å². The van der Waals surface area contributed by atoms with Crippen molar-refractivity contribution < 1.29 is 22.8 Å².